The second-order valence-corrected chi connectivity index (χ2v) is 14.0. The zero-order valence-electron chi connectivity index (χ0n) is 27.3. The maximum absolute atomic E-state index is 12.9. The number of halogens is 3. The van der Waals surface area contributed by atoms with Crippen LogP contribution in [0.5, 0.6) is 17.2 Å². The number of rotatable bonds is 24. The Kier molecular flexibility index (Phi) is 27.2. The Labute approximate surface area is 394 Å². The standard InChI is InChI=1S/C29H33I3N4O15.Eu.OS/c30-18-10-17(1-2-22(18)50-51-48)49-28-19(31)7-16(8-20(28)32)9-21(29(46)47)33-23(37)11-35(13-25(40)41)5-3-34(12-24(38)39)4-6-36(14-26(42)43)15-27(44)45;;1-2/h1-2,7-8,10,21,48H,3-6,9,11-15H2,(H,33,37)(H,38,39)(H,40,41)(H,42,43)(H,44,45)(H,46,47);;/q;+3;/p-6/t21-;;/m0../s1. The fourth-order valence-corrected chi connectivity index (χ4v) is 7.15. The zero-order chi connectivity index (χ0) is 40.2. The van der Waals surface area contributed by atoms with Crippen LogP contribution in [0.2, 0.25) is 0 Å². The van der Waals surface area contributed by atoms with E-state index in [9.17, 15) is 59.6 Å². The predicted octanol–water partition coefficient (Wildman–Crippen LogP) is -6.78. The summed E-state index contributed by atoms with van der Waals surface area (Å²) in [4.78, 5) is 77.1. The maximum atomic E-state index is 12.9. The van der Waals surface area contributed by atoms with Crippen LogP contribution in [-0.2, 0) is 52.8 Å². The molecule has 0 heterocycles. The quantitative estimate of drug-likeness (QED) is 0.0580. The van der Waals surface area contributed by atoms with Gasteiger partial charge in [0.2, 0.25) is 5.91 Å². The molecular formula is C29H27EuI3N4O16S-3. The van der Waals surface area contributed by atoms with Gasteiger partial charge >= 0.3 is 49.4 Å². The minimum absolute atomic E-state index is 0. The van der Waals surface area contributed by atoms with Gasteiger partial charge in [0.1, 0.15) is 5.75 Å². The Bertz CT molecular complexity index is 1580. The SMILES string of the molecule is O=C([O-])CN(CCN(CC(=O)[O-])CC(=O)[O-])CCN(CC(=O)[O-])CC(=O)N[C@@H](Cc1cc(I)c(Oc2ccc(OO[O-])c(I)c2)c(I)c1)C(=O)[O-].O=S.[Eu+3]. The number of hydrogen-bond acceptors (Lipinski definition) is 20. The van der Waals surface area contributed by atoms with Crippen molar-refractivity contribution in [3.8, 4) is 17.2 Å². The average Bonchev–Trinajstić information content (AvgIpc) is 3.04. The first-order valence-electron chi connectivity index (χ1n) is 14.5. The summed E-state index contributed by atoms with van der Waals surface area (Å²) >= 11 is 8.72. The van der Waals surface area contributed by atoms with Gasteiger partial charge in [0.25, 0.3) is 0 Å². The Morgan fingerprint density at radius 1 is 0.685 bits per heavy atom. The van der Waals surface area contributed by atoms with E-state index in [1.807, 2.05) is 67.8 Å². The van der Waals surface area contributed by atoms with Crippen LogP contribution in [0.1, 0.15) is 5.56 Å². The molecule has 0 saturated heterocycles. The van der Waals surface area contributed by atoms with E-state index in [0.717, 1.165) is 9.80 Å². The number of benzene rings is 2. The van der Waals surface area contributed by atoms with Gasteiger partial charge in [-0.25, -0.2) is 5.04 Å². The van der Waals surface area contributed by atoms with E-state index in [1.54, 1.807) is 18.2 Å². The molecule has 2 aromatic carbocycles. The maximum Gasteiger partial charge on any atom is 3.00 e. The van der Waals surface area contributed by atoms with Crippen molar-refractivity contribution in [1.82, 2.24) is 20.0 Å². The van der Waals surface area contributed by atoms with Crippen molar-refractivity contribution in [2.45, 2.75) is 12.5 Å². The molecule has 1 N–H and O–H groups in total. The molecule has 54 heavy (non-hydrogen) atoms. The molecular weight excluding hydrogens is 1230 g/mol. The van der Waals surface area contributed by atoms with Crippen molar-refractivity contribution in [3.63, 3.8) is 0 Å². The summed E-state index contributed by atoms with van der Waals surface area (Å²) in [5.41, 5.74) is 0.479. The number of nitrogens with one attached hydrogen (secondary N) is 1. The molecule has 0 unspecified atom stereocenters. The molecule has 0 saturated carbocycles. The van der Waals surface area contributed by atoms with Crippen LogP contribution in [0.15, 0.2) is 30.3 Å². The second-order valence-electron chi connectivity index (χ2n) is 10.6. The molecule has 0 aliphatic carbocycles. The Balaban J connectivity index is 0.00000920. The van der Waals surface area contributed by atoms with E-state index >= 15 is 0 Å². The number of hydrogen-bond donors (Lipinski definition) is 1. The summed E-state index contributed by atoms with van der Waals surface area (Å²) in [5, 5.41) is 72.6. The van der Waals surface area contributed by atoms with Crippen LogP contribution in [0.25, 0.3) is 0 Å². The topological polar surface area (TPSA) is 307 Å². The zero-order valence-corrected chi connectivity index (χ0v) is 37.0. The van der Waals surface area contributed by atoms with Gasteiger partial charge in [0.05, 0.1) is 53.1 Å². The number of ether oxygens (including phenoxy) is 1. The molecule has 20 nitrogen and oxygen atoms in total. The number of carbonyl (C=O) groups excluding carboxylic acids is 6. The van der Waals surface area contributed by atoms with Crippen LogP contribution >= 0.6 is 67.8 Å². The fourth-order valence-electron chi connectivity index (χ4n) is 4.46. The van der Waals surface area contributed by atoms with Crippen molar-refractivity contribution < 1.29 is 128 Å². The Hall–Kier alpha value is -1.55. The molecule has 0 aliphatic rings. The van der Waals surface area contributed by atoms with E-state index in [1.165, 1.54) is 17.0 Å². The summed E-state index contributed by atoms with van der Waals surface area (Å²) in [5.74, 6) is -7.82. The average molecular weight is 1250 g/mol. The smallest absolute Gasteiger partial charge is 0.682 e. The molecule has 1 atom stereocenters. The normalized spacial score (nSPS) is 11.2. The number of nitrogens with zero attached hydrogens (tertiary/aromatic N) is 3. The Morgan fingerprint density at radius 2 is 1.13 bits per heavy atom. The molecule has 296 valence electrons. The fraction of sp³-hybridized carbons (Fsp3) is 0.379. The number of carboxylic acids is 5. The molecule has 0 aromatic heterocycles. The number of amides is 1. The van der Waals surface area contributed by atoms with Gasteiger partial charge in [0, 0.05) is 52.4 Å². The first-order chi connectivity index (χ1) is 25.0. The van der Waals surface area contributed by atoms with Crippen molar-refractivity contribution in [1.29, 1.82) is 0 Å². The van der Waals surface area contributed by atoms with Gasteiger partial charge in [0.15, 0.2) is 24.0 Å². The van der Waals surface area contributed by atoms with E-state index in [-0.39, 0.29) is 87.7 Å². The third-order valence-electron chi connectivity index (χ3n) is 6.61. The molecule has 2 rings (SSSR count). The third-order valence-corrected chi connectivity index (χ3v) is 9.05. The van der Waals surface area contributed by atoms with Gasteiger partial charge < -0.3 is 69.7 Å². The van der Waals surface area contributed by atoms with Gasteiger partial charge in [-0.2, -0.15) is 4.21 Å². The molecule has 0 fully saturated rings. The number of carboxylic acid groups (broad SMARTS) is 5. The minimum atomic E-state index is -1.63. The molecule has 0 spiro atoms. The summed E-state index contributed by atoms with van der Waals surface area (Å²) in [7, 11) is 0. The molecule has 25 heteroatoms. The second kappa shape index (κ2) is 28.0. The predicted molar refractivity (Wildman–Crippen MR) is 191 cm³/mol. The third kappa shape index (κ3) is 21.1. The molecule has 0 aliphatic heterocycles. The number of carbonyl (C=O) groups is 6. The van der Waals surface area contributed by atoms with Crippen LogP contribution in [-0.4, -0.2) is 120 Å². The van der Waals surface area contributed by atoms with E-state index in [0.29, 0.717) is 27.8 Å². The van der Waals surface area contributed by atoms with Crippen molar-refractivity contribution in [2.75, 3.05) is 58.9 Å². The van der Waals surface area contributed by atoms with Gasteiger partial charge in [-0.3, -0.25) is 19.5 Å². The van der Waals surface area contributed by atoms with Gasteiger partial charge in [-0.15, -0.1) is 0 Å². The largest absolute Gasteiger partial charge is 3.00 e. The first kappa shape index (κ1) is 52.5. The molecule has 2 aromatic rings. The first-order valence-corrected chi connectivity index (χ1v) is 18.1. The monoisotopic (exact) mass is 1250 g/mol. The summed E-state index contributed by atoms with van der Waals surface area (Å²) < 4.78 is 15.5. The summed E-state index contributed by atoms with van der Waals surface area (Å²) in [6.45, 7) is -4.65. The number of aliphatic carboxylic acids is 5. The van der Waals surface area contributed by atoms with Crippen LogP contribution < -0.4 is 45.7 Å². The molecule has 0 bridgehead atoms. The van der Waals surface area contributed by atoms with E-state index < -0.39 is 74.5 Å². The summed E-state index contributed by atoms with van der Waals surface area (Å²) in [6, 6.07) is 6.30. The van der Waals surface area contributed by atoms with Crippen LogP contribution in [0.3, 0.4) is 0 Å². The molecule has 1 amide bonds. The van der Waals surface area contributed by atoms with Crippen molar-refractivity contribution in [3.05, 3.63) is 46.6 Å². The van der Waals surface area contributed by atoms with Gasteiger partial charge in [-0.1, -0.05) is 0 Å². The van der Waals surface area contributed by atoms with Crippen LogP contribution in [0, 0.1) is 60.1 Å². The minimum Gasteiger partial charge on any atom is -0.682 e. The molecule has 0 radical (unpaired) electrons. The van der Waals surface area contributed by atoms with Gasteiger partial charge in [-0.05, 0) is 110 Å². The van der Waals surface area contributed by atoms with Crippen molar-refractivity contribution in [2.24, 2.45) is 0 Å². The Morgan fingerprint density at radius 3 is 1.56 bits per heavy atom. The van der Waals surface area contributed by atoms with E-state index in [4.69, 9.17) is 8.95 Å². The summed E-state index contributed by atoms with van der Waals surface area (Å²) in [6.07, 6.45) is -0.229. The van der Waals surface area contributed by atoms with Crippen molar-refractivity contribution >= 4 is 116 Å². The van der Waals surface area contributed by atoms with Crippen LogP contribution in [0.4, 0.5) is 0 Å². The van der Waals surface area contributed by atoms with E-state index in [2.05, 4.69) is 27.8 Å².